The van der Waals surface area contributed by atoms with Crippen LogP contribution in [-0.2, 0) is 9.59 Å². The predicted octanol–water partition coefficient (Wildman–Crippen LogP) is 2.29. The Morgan fingerprint density at radius 2 is 2.10 bits per heavy atom. The topological polar surface area (TPSA) is 49.4 Å². The third kappa shape index (κ3) is 2.64. The molecular formula is C16H19BrN2O2. The van der Waals surface area contributed by atoms with E-state index in [2.05, 4.69) is 33.2 Å². The van der Waals surface area contributed by atoms with Gasteiger partial charge in [-0.1, -0.05) is 34.1 Å². The normalized spacial score (nSPS) is 30.5. The predicted molar refractivity (Wildman–Crippen MR) is 83.8 cm³/mol. The highest BCUT2D eigenvalue weighted by Crippen LogP contribution is 2.49. The van der Waals surface area contributed by atoms with E-state index < -0.39 is 0 Å². The molecule has 5 heteroatoms. The summed E-state index contributed by atoms with van der Waals surface area (Å²) in [5.74, 6) is -0.569. The summed E-state index contributed by atoms with van der Waals surface area (Å²) in [7, 11) is 2.06. The lowest BCUT2D eigenvalue weighted by Crippen LogP contribution is -2.56. The molecule has 112 valence electrons. The Bertz CT molecular complexity index is 589. The summed E-state index contributed by atoms with van der Waals surface area (Å²) in [4.78, 5) is 26.8. The van der Waals surface area contributed by atoms with Crippen molar-refractivity contribution in [2.24, 2.45) is 5.41 Å². The molecule has 1 aromatic rings. The molecule has 2 aliphatic heterocycles. The van der Waals surface area contributed by atoms with Crippen LogP contribution in [0.25, 0.3) is 0 Å². The molecule has 2 saturated heterocycles. The lowest BCUT2D eigenvalue weighted by molar-refractivity contribution is -0.142. The Labute approximate surface area is 133 Å². The first-order chi connectivity index (χ1) is 10.0. The molecule has 21 heavy (non-hydrogen) atoms. The van der Waals surface area contributed by atoms with Gasteiger partial charge in [0.1, 0.15) is 0 Å². The van der Waals surface area contributed by atoms with Gasteiger partial charge in [0.25, 0.3) is 0 Å². The highest BCUT2D eigenvalue weighted by molar-refractivity contribution is 9.10. The maximum absolute atomic E-state index is 12.6. The molecule has 3 rings (SSSR count). The third-order valence-electron chi connectivity index (χ3n) is 4.67. The molecule has 1 spiro atoms. The van der Waals surface area contributed by atoms with E-state index >= 15 is 0 Å². The largest absolute Gasteiger partial charge is 0.306 e. The number of carbonyl (C=O) groups is 2. The molecule has 0 saturated carbocycles. The second-order valence-electron chi connectivity index (χ2n) is 6.25. The lowest BCUT2D eigenvalue weighted by Gasteiger charge is -2.48. The minimum Gasteiger partial charge on any atom is -0.306 e. The van der Waals surface area contributed by atoms with Gasteiger partial charge in [0, 0.05) is 22.9 Å². The fraction of sp³-hybridized carbons (Fsp3) is 0.500. The summed E-state index contributed by atoms with van der Waals surface area (Å²) in [5.41, 5.74) is 0.703. The highest BCUT2D eigenvalue weighted by Gasteiger charge is 2.51. The van der Waals surface area contributed by atoms with Crippen LogP contribution in [0.1, 0.15) is 30.7 Å². The smallest absolute Gasteiger partial charge is 0.234 e. The SMILES string of the molecule is CN1CCCC2(CC(=O)NC(=O)C2c2ccccc2Br)C1. The Hall–Kier alpha value is -1.20. The van der Waals surface area contributed by atoms with Crippen molar-refractivity contribution in [1.29, 1.82) is 0 Å². The summed E-state index contributed by atoms with van der Waals surface area (Å²) in [6, 6.07) is 7.84. The summed E-state index contributed by atoms with van der Waals surface area (Å²) in [6.07, 6.45) is 2.37. The maximum atomic E-state index is 12.6. The first-order valence-electron chi connectivity index (χ1n) is 7.28. The van der Waals surface area contributed by atoms with Gasteiger partial charge in [0.15, 0.2) is 0 Å². The average molecular weight is 351 g/mol. The molecule has 1 N–H and O–H groups in total. The Balaban J connectivity index is 2.07. The molecule has 1 aromatic carbocycles. The number of halogens is 1. The van der Waals surface area contributed by atoms with E-state index in [0.717, 1.165) is 36.0 Å². The first-order valence-corrected chi connectivity index (χ1v) is 8.08. The van der Waals surface area contributed by atoms with Crippen LogP contribution in [0, 0.1) is 5.41 Å². The van der Waals surface area contributed by atoms with Gasteiger partial charge in [0.2, 0.25) is 11.8 Å². The number of likely N-dealkylation sites (tertiary alicyclic amines) is 1. The zero-order valence-corrected chi connectivity index (χ0v) is 13.6. The van der Waals surface area contributed by atoms with Crippen molar-refractivity contribution in [3.05, 3.63) is 34.3 Å². The van der Waals surface area contributed by atoms with Crippen molar-refractivity contribution in [2.75, 3.05) is 20.1 Å². The highest BCUT2D eigenvalue weighted by atomic mass is 79.9. The van der Waals surface area contributed by atoms with Crippen LogP contribution in [0.3, 0.4) is 0 Å². The average Bonchev–Trinajstić information content (AvgIpc) is 2.39. The molecule has 2 aliphatic rings. The quantitative estimate of drug-likeness (QED) is 0.790. The van der Waals surface area contributed by atoms with Gasteiger partial charge in [-0.15, -0.1) is 0 Å². The minimum atomic E-state index is -0.281. The summed E-state index contributed by atoms with van der Waals surface area (Å²) >= 11 is 3.56. The Kier molecular flexibility index (Phi) is 3.88. The van der Waals surface area contributed by atoms with Crippen molar-refractivity contribution in [1.82, 2.24) is 10.2 Å². The van der Waals surface area contributed by atoms with Crippen LogP contribution in [0.2, 0.25) is 0 Å². The van der Waals surface area contributed by atoms with Gasteiger partial charge in [0.05, 0.1) is 5.92 Å². The van der Waals surface area contributed by atoms with Crippen molar-refractivity contribution >= 4 is 27.7 Å². The summed E-state index contributed by atoms with van der Waals surface area (Å²) < 4.78 is 0.937. The fourth-order valence-corrected chi connectivity index (χ4v) is 4.42. The molecule has 0 aromatic heterocycles. The van der Waals surface area contributed by atoms with Crippen LogP contribution < -0.4 is 5.32 Å². The molecule has 0 radical (unpaired) electrons. The van der Waals surface area contributed by atoms with Crippen molar-refractivity contribution < 1.29 is 9.59 Å². The summed E-state index contributed by atoms with van der Waals surface area (Å²) in [6.45, 7) is 1.82. The zero-order chi connectivity index (χ0) is 15.0. The van der Waals surface area contributed by atoms with E-state index in [4.69, 9.17) is 0 Å². The number of nitrogens with zero attached hydrogens (tertiary/aromatic N) is 1. The first kappa shape index (κ1) is 14.7. The molecule has 2 amide bonds. The van der Waals surface area contributed by atoms with E-state index in [-0.39, 0.29) is 23.1 Å². The Morgan fingerprint density at radius 1 is 1.33 bits per heavy atom. The number of imide groups is 1. The molecule has 4 nitrogen and oxygen atoms in total. The van der Waals surface area contributed by atoms with Crippen LogP contribution in [0.15, 0.2) is 28.7 Å². The number of piperidine rings is 2. The molecular weight excluding hydrogens is 332 g/mol. The molecule has 0 bridgehead atoms. The monoisotopic (exact) mass is 350 g/mol. The second-order valence-corrected chi connectivity index (χ2v) is 7.10. The number of nitrogens with one attached hydrogen (secondary N) is 1. The van der Waals surface area contributed by atoms with Crippen molar-refractivity contribution in [3.63, 3.8) is 0 Å². The van der Waals surface area contributed by atoms with Gasteiger partial charge in [-0.3, -0.25) is 14.9 Å². The third-order valence-corrected chi connectivity index (χ3v) is 5.39. The molecule has 2 heterocycles. The standard InChI is InChI=1S/C16H19BrN2O2/c1-19-8-4-7-16(10-19)9-13(20)18-15(21)14(16)11-5-2-3-6-12(11)17/h2-3,5-6,14H,4,7-10H2,1H3,(H,18,20,21). The van der Waals surface area contributed by atoms with Crippen molar-refractivity contribution in [2.45, 2.75) is 25.2 Å². The number of carbonyl (C=O) groups excluding carboxylic acids is 2. The zero-order valence-electron chi connectivity index (χ0n) is 12.1. The number of hydrogen-bond acceptors (Lipinski definition) is 3. The van der Waals surface area contributed by atoms with E-state index in [1.807, 2.05) is 24.3 Å². The van der Waals surface area contributed by atoms with Gasteiger partial charge < -0.3 is 4.90 Å². The maximum Gasteiger partial charge on any atom is 0.234 e. The Morgan fingerprint density at radius 3 is 2.81 bits per heavy atom. The van der Waals surface area contributed by atoms with Crippen LogP contribution in [0.5, 0.6) is 0 Å². The molecule has 2 unspecified atom stereocenters. The van der Waals surface area contributed by atoms with E-state index in [9.17, 15) is 9.59 Å². The molecule has 2 atom stereocenters. The van der Waals surface area contributed by atoms with Gasteiger partial charge in [-0.05, 0) is 38.1 Å². The van der Waals surface area contributed by atoms with Gasteiger partial charge in [-0.2, -0.15) is 0 Å². The minimum absolute atomic E-state index is 0.140. The number of amides is 2. The van der Waals surface area contributed by atoms with E-state index in [1.54, 1.807) is 0 Å². The van der Waals surface area contributed by atoms with Gasteiger partial charge >= 0.3 is 0 Å². The molecule has 2 fully saturated rings. The summed E-state index contributed by atoms with van der Waals surface area (Å²) in [5, 5.41) is 2.52. The second kappa shape index (κ2) is 5.54. The van der Waals surface area contributed by atoms with E-state index in [0.29, 0.717) is 6.42 Å². The van der Waals surface area contributed by atoms with Crippen LogP contribution in [-0.4, -0.2) is 36.9 Å². The van der Waals surface area contributed by atoms with Crippen LogP contribution in [0.4, 0.5) is 0 Å². The fourth-order valence-electron chi connectivity index (χ4n) is 3.91. The molecule has 0 aliphatic carbocycles. The lowest BCUT2D eigenvalue weighted by atomic mass is 9.63. The number of hydrogen-bond donors (Lipinski definition) is 1. The number of benzene rings is 1. The van der Waals surface area contributed by atoms with Crippen LogP contribution >= 0.6 is 15.9 Å². The van der Waals surface area contributed by atoms with Crippen molar-refractivity contribution in [3.8, 4) is 0 Å². The van der Waals surface area contributed by atoms with Gasteiger partial charge in [-0.25, -0.2) is 0 Å². The number of rotatable bonds is 1. The van der Waals surface area contributed by atoms with E-state index in [1.165, 1.54) is 0 Å².